The number of rotatable bonds is 6. The molecular weight excluding hydrogens is 422 g/mol. The van der Waals surface area contributed by atoms with Gasteiger partial charge in [0.1, 0.15) is 18.4 Å². The quantitative estimate of drug-likeness (QED) is 0.674. The van der Waals surface area contributed by atoms with Crippen molar-refractivity contribution in [2.45, 2.75) is 38.5 Å². The second kappa shape index (κ2) is 9.33. The van der Waals surface area contributed by atoms with Crippen molar-refractivity contribution in [3.8, 4) is 5.75 Å². The monoisotopic (exact) mass is 452 g/mol. The first-order valence-electron chi connectivity index (χ1n) is 12.5. The fraction of sp³-hybridized carbons (Fsp3) is 0.400. The lowest BCUT2D eigenvalue weighted by atomic mass is 10.0. The number of nitrogens with zero attached hydrogens (tertiary/aromatic N) is 2. The predicted molar refractivity (Wildman–Crippen MR) is 119 cm³/mol. The number of fused-ring (bicyclic) bond motifs is 1. The first-order valence-corrected chi connectivity index (χ1v) is 11.0. The van der Waals surface area contributed by atoms with E-state index < -0.39 is 30.2 Å². The number of amides is 3. The van der Waals surface area contributed by atoms with E-state index in [-0.39, 0.29) is 36.3 Å². The molecular formula is C25H27N3O5. The second-order valence-electron chi connectivity index (χ2n) is 8.25. The van der Waals surface area contributed by atoms with Gasteiger partial charge in [0.25, 0.3) is 5.91 Å². The second-order valence-corrected chi connectivity index (χ2v) is 8.25. The van der Waals surface area contributed by atoms with E-state index in [1.807, 2.05) is 24.3 Å². The molecule has 0 unspecified atom stereocenters. The van der Waals surface area contributed by atoms with Gasteiger partial charge in [-0.2, -0.15) is 0 Å². The molecule has 8 nitrogen and oxygen atoms in total. The summed E-state index contributed by atoms with van der Waals surface area (Å²) in [7, 11) is 0. The third kappa shape index (κ3) is 4.62. The average molecular weight is 453 g/mol. The fourth-order valence-corrected chi connectivity index (χ4v) is 4.16. The van der Waals surface area contributed by atoms with Gasteiger partial charge in [0.05, 0.1) is 23.8 Å². The third-order valence-electron chi connectivity index (χ3n) is 5.98. The van der Waals surface area contributed by atoms with Crippen LogP contribution in [0, 0.1) is 0 Å². The van der Waals surface area contributed by atoms with Crippen LogP contribution < -0.4 is 10.1 Å². The molecule has 3 amide bonds. The number of hydrogen-bond donors (Lipinski definition) is 1. The van der Waals surface area contributed by atoms with E-state index in [1.165, 1.54) is 11.6 Å². The van der Waals surface area contributed by atoms with Crippen LogP contribution in [-0.2, 0) is 34.0 Å². The Hall–Kier alpha value is -3.23. The smallest absolute Gasteiger partial charge is 0.255 e. The van der Waals surface area contributed by atoms with Gasteiger partial charge in [0, 0.05) is 37.2 Å². The molecule has 2 aromatic rings. The number of benzene rings is 2. The molecule has 33 heavy (non-hydrogen) atoms. The summed E-state index contributed by atoms with van der Waals surface area (Å²) in [6, 6.07) is 10.3. The SMILES string of the molecule is [2H]C1([2H])c2c(OCc3ccc(CN4CCOCC4)cc3)cccc2C(=O)N1[C@]1([2H])CCC(=O)NC1=O. The molecule has 0 spiro atoms. The summed E-state index contributed by atoms with van der Waals surface area (Å²) in [6.45, 7) is 1.79. The summed E-state index contributed by atoms with van der Waals surface area (Å²) in [5.41, 5.74) is 2.07. The average Bonchev–Trinajstić information content (AvgIpc) is 3.08. The summed E-state index contributed by atoms with van der Waals surface area (Å²) >= 11 is 0. The van der Waals surface area contributed by atoms with Gasteiger partial charge in [-0.25, -0.2) is 0 Å². The van der Waals surface area contributed by atoms with Gasteiger partial charge < -0.3 is 14.4 Å². The van der Waals surface area contributed by atoms with E-state index >= 15 is 0 Å². The minimum atomic E-state index is -2.48. The molecule has 0 saturated carbocycles. The molecule has 172 valence electrons. The molecule has 0 aliphatic carbocycles. The van der Waals surface area contributed by atoms with Gasteiger partial charge in [0.15, 0.2) is 0 Å². The van der Waals surface area contributed by atoms with Crippen molar-refractivity contribution in [2.75, 3.05) is 26.3 Å². The molecule has 1 N–H and O–H groups in total. The van der Waals surface area contributed by atoms with Crippen LogP contribution in [-0.4, -0.2) is 59.8 Å². The van der Waals surface area contributed by atoms with Crippen molar-refractivity contribution in [3.63, 3.8) is 0 Å². The van der Waals surface area contributed by atoms with Crippen LogP contribution in [0.4, 0.5) is 0 Å². The molecule has 0 radical (unpaired) electrons. The Labute approximate surface area is 196 Å². The standard InChI is InChI=1S/C25H27N3O5/c29-23-9-8-21(24(30)26-23)28-15-20-19(25(28)31)2-1-3-22(20)33-16-18-6-4-17(5-7-18)14-27-10-12-32-13-11-27/h1-7,21H,8-16H2,(H,26,29,30)/t21-/m1/s1/i15D2,21D. The third-order valence-corrected chi connectivity index (χ3v) is 5.98. The minimum Gasteiger partial charge on any atom is -0.489 e. The van der Waals surface area contributed by atoms with Crippen molar-refractivity contribution in [2.24, 2.45) is 0 Å². The largest absolute Gasteiger partial charge is 0.489 e. The Balaban J connectivity index is 1.33. The lowest BCUT2D eigenvalue weighted by Gasteiger charge is -2.29. The zero-order valence-corrected chi connectivity index (χ0v) is 18.1. The highest BCUT2D eigenvalue weighted by molar-refractivity contribution is 6.05. The number of ether oxygens (including phenoxy) is 2. The van der Waals surface area contributed by atoms with E-state index in [0.29, 0.717) is 4.90 Å². The Bertz CT molecular complexity index is 1200. The Morgan fingerprint density at radius 2 is 1.85 bits per heavy atom. The maximum atomic E-state index is 13.2. The van der Waals surface area contributed by atoms with Crippen LogP contribution in [0.5, 0.6) is 5.75 Å². The minimum absolute atomic E-state index is 0.0183. The van der Waals surface area contributed by atoms with Crippen LogP contribution in [0.2, 0.25) is 0 Å². The van der Waals surface area contributed by atoms with Crippen LogP contribution in [0.15, 0.2) is 42.5 Å². The van der Waals surface area contributed by atoms with Gasteiger partial charge in [-0.05, 0) is 29.7 Å². The highest BCUT2D eigenvalue weighted by atomic mass is 16.5. The maximum absolute atomic E-state index is 13.2. The summed E-state index contributed by atoms with van der Waals surface area (Å²) in [4.78, 5) is 40.3. The Kier molecular flexibility index (Phi) is 5.15. The van der Waals surface area contributed by atoms with Gasteiger partial charge in [-0.3, -0.25) is 24.6 Å². The molecule has 2 aromatic carbocycles. The van der Waals surface area contributed by atoms with Crippen LogP contribution in [0.1, 0.15) is 44.0 Å². The van der Waals surface area contributed by atoms with Crippen molar-refractivity contribution in [1.82, 2.24) is 15.1 Å². The molecule has 2 saturated heterocycles. The van der Waals surface area contributed by atoms with E-state index in [9.17, 15) is 14.4 Å². The number of hydrogen-bond acceptors (Lipinski definition) is 6. The first-order chi connectivity index (χ1) is 17.2. The zero-order valence-electron chi connectivity index (χ0n) is 21.1. The van der Waals surface area contributed by atoms with Gasteiger partial charge in [-0.15, -0.1) is 0 Å². The highest BCUT2D eigenvalue weighted by Crippen LogP contribution is 2.34. The molecule has 1 atom stereocenters. The summed E-state index contributed by atoms with van der Waals surface area (Å²) in [6.07, 6.45) is -0.444. The number of carbonyl (C=O) groups excluding carboxylic acids is 3. The van der Waals surface area contributed by atoms with Gasteiger partial charge in [0.2, 0.25) is 11.8 Å². The molecule has 3 aliphatic heterocycles. The normalized spacial score (nSPS) is 26.2. The van der Waals surface area contributed by atoms with Gasteiger partial charge in [-0.1, -0.05) is 30.3 Å². The Morgan fingerprint density at radius 1 is 1.09 bits per heavy atom. The van der Waals surface area contributed by atoms with E-state index in [1.54, 1.807) is 12.1 Å². The van der Waals surface area contributed by atoms with Crippen LogP contribution in [0.25, 0.3) is 0 Å². The van der Waals surface area contributed by atoms with Crippen LogP contribution >= 0.6 is 0 Å². The number of carbonyl (C=O) groups is 3. The van der Waals surface area contributed by atoms with Crippen molar-refractivity contribution in [1.29, 1.82) is 0 Å². The van der Waals surface area contributed by atoms with E-state index in [4.69, 9.17) is 13.6 Å². The van der Waals surface area contributed by atoms with Crippen molar-refractivity contribution < 1.29 is 28.0 Å². The molecule has 3 aliphatic rings. The van der Waals surface area contributed by atoms with E-state index in [2.05, 4.69) is 10.2 Å². The summed E-state index contributed by atoms with van der Waals surface area (Å²) in [5, 5.41) is 2.06. The summed E-state index contributed by atoms with van der Waals surface area (Å²) < 4.78 is 37.4. The fourth-order valence-electron chi connectivity index (χ4n) is 4.16. The topological polar surface area (TPSA) is 88.2 Å². The molecule has 3 heterocycles. The summed E-state index contributed by atoms with van der Waals surface area (Å²) in [5.74, 6) is -2.18. The number of imide groups is 1. The van der Waals surface area contributed by atoms with Crippen molar-refractivity contribution in [3.05, 3.63) is 64.7 Å². The first kappa shape index (κ1) is 18.2. The predicted octanol–water partition coefficient (Wildman–Crippen LogP) is 1.86. The number of nitrogens with one attached hydrogen (secondary N) is 1. The molecule has 2 fully saturated rings. The Morgan fingerprint density at radius 3 is 2.61 bits per heavy atom. The molecule has 5 rings (SSSR count). The lowest BCUT2D eigenvalue weighted by Crippen LogP contribution is -2.52. The van der Waals surface area contributed by atoms with Crippen molar-refractivity contribution >= 4 is 17.7 Å². The maximum Gasteiger partial charge on any atom is 0.255 e. The van der Waals surface area contributed by atoms with Crippen LogP contribution in [0.3, 0.4) is 0 Å². The molecule has 0 aromatic heterocycles. The van der Waals surface area contributed by atoms with E-state index in [0.717, 1.165) is 38.4 Å². The lowest BCUT2D eigenvalue weighted by molar-refractivity contribution is -0.136. The van der Waals surface area contributed by atoms with Gasteiger partial charge >= 0.3 is 0 Å². The number of morpholine rings is 1. The zero-order chi connectivity index (χ0) is 25.5. The highest BCUT2D eigenvalue weighted by Gasteiger charge is 2.40. The molecule has 8 heteroatoms. The molecule has 0 bridgehead atoms. The number of piperidine rings is 1.